The first kappa shape index (κ1) is 14.4. The average molecular weight is 272 g/mol. The summed E-state index contributed by atoms with van der Waals surface area (Å²) in [6, 6.07) is 12.7. The number of methoxy groups -OCH3 is 1. The molecule has 0 spiro atoms. The van der Waals surface area contributed by atoms with E-state index in [2.05, 4.69) is 0 Å². The van der Waals surface area contributed by atoms with Gasteiger partial charge in [0.2, 0.25) is 0 Å². The molecule has 0 aromatic heterocycles. The third-order valence-corrected chi connectivity index (χ3v) is 3.04. The fraction of sp³-hybridized carbons (Fsp3) is 0.200. The second-order valence-corrected chi connectivity index (χ2v) is 4.52. The van der Waals surface area contributed by atoms with Crippen molar-refractivity contribution >= 4 is 12.6 Å². The molecular weight excluding hydrogens is 255 g/mol. The largest absolute Gasteiger partial charge is 0.493 e. The maximum atomic E-state index is 9.31. The van der Waals surface area contributed by atoms with Gasteiger partial charge in [0.15, 0.2) is 11.5 Å². The molecule has 0 amide bonds. The molecule has 0 radical (unpaired) electrons. The van der Waals surface area contributed by atoms with Gasteiger partial charge in [-0.1, -0.05) is 30.3 Å². The maximum Gasteiger partial charge on any atom is 0.488 e. The van der Waals surface area contributed by atoms with Crippen LogP contribution in [0.25, 0.3) is 0 Å². The van der Waals surface area contributed by atoms with Crippen molar-refractivity contribution < 1.29 is 19.5 Å². The highest BCUT2D eigenvalue weighted by atomic mass is 16.5. The normalized spacial score (nSPS) is 10.2. The molecule has 0 saturated heterocycles. The standard InChI is InChI=1S/C15H17BO4/c1-11-7-8-14(15(9-11)19-2)20-10-12-5-3-4-6-13(12)16(17)18/h3-9,17-18H,10H2,1-2H3. The highest BCUT2D eigenvalue weighted by molar-refractivity contribution is 6.59. The van der Waals surface area contributed by atoms with Gasteiger partial charge in [-0.15, -0.1) is 0 Å². The Labute approximate surface area is 118 Å². The zero-order valence-electron chi connectivity index (χ0n) is 11.5. The topological polar surface area (TPSA) is 58.9 Å². The molecule has 0 bridgehead atoms. The van der Waals surface area contributed by atoms with Gasteiger partial charge in [-0.2, -0.15) is 0 Å². The molecule has 0 aliphatic carbocycles. The Morgan fingerprint density at radius 2 is 1.80 bits per heavy atom. The molecule has 0 heterocycles. The van der Waals surface area contributed by atoms with Crippen molar-refractivity contribution in [2.75, 3.05) is 7.11 Å². The Bertz CT molecular complexity index is 584. The molecule has 2 N–H and O–H groups in total. The first-order chi connectivity index (χ1) is 9.61. The summed E-state index contributed by atoms with van der Waals surface area (Å²) in [5.74, 6) is 1.28. The summed E-state index contributed by atoms with van der Waals surface area (Å²) >= 11 is 0. The smallest absolute Gasteiger partial charge is 0.488 e. The number of benzene rings is 2. The van der Waals surface area contributed by atoms with Crippen LogP contribution in [0.15, 0.2) is 42.5 Å². The lowest BCUT2D eigenvalue weighted by atomic mass is 9.77. The molecular formula is C15H17BO4. The van der Waals surface area contributed by atoms with E-state index in [0.29, 0.717) is 17.0 Å². The molecule has 0 fully saturated rings. The van der Waals surface area contributed by atoms with Crippen LogP contribution in [-0.4, -0.2) is 24.3 Å². The summed E-state index contributed by atoms with van der Waals surface area (Å²) in [7, 11) is 0.0854. The maximum absolute atomic E-state index is 9.31. The fourth-order valence-corrected chi connectivity index (χ4v) is 1.97. The lowest BCUT2D eigenvalue weighted by Gasteiger charge is -2.13. The van der Waals surface area contributed by atoms with Gasteiger partial charge in [-0.05, 0) is 35.6 Å². The van der Waals surface area contributed by atoms with Crippen molar-refractivity contribution in [3.05, 3.63) is 53.6 Å². The molecule has 0 unspecified atom stereocenters. The summed E-state index contributed by atoms with van der Waals surface area (Å²) in [6.07, 6.45) is 0. The predicted octanol–water partition coefficient (Wildman–Crippen LogP) is 1.26. The van der Waals surface area contributed by atoms with Gasteiger partial charge >= 0.3 is 7.12 Å². The molecule has 2 aromatic rings. The van der Waals surface area contributed by atoms with Crippen LogP contribution >= 0.6 is 0 Å². The lowest BCUT2D eigenvalue weighted by molar-refractivity contribution is 0.284. The monoisotopic (exact) mass is 272 g/mol. The quantitative estimate of drug-likeness (QED) is 0.804. The van der Waals surface area contributed by atoms with E-state index in [4.69, 9.17) is 9.47 Å². The van der Waals surface area contributed by atoms with E-state index in [1.807, 2.05) is 31.2 Å². The van der Waals surface area contributed by atoms with E-state index in [1.165, 1.54) is 0 Å². The Hall–Kier alpha value is -1.98. The number of rotatable bonds is 5. The second-order valence-electron chi connectivity index (χ2n) is 4.52. The van der Waals surface area contributed by atoms with E-state index < -0.39 is 7.12 Å². The van der Waals surface area contributed by atoms with Gasteiger partial charge in [-0.3, -0.25) is 0 Å². The van der Waals surface area contributed by atoms with E-state index in [1.54, 1.807) is 25.3 Å². The summed E-state index contributed by atoms with van der Waals surface area (Å²) < 4.78 is 11.0. The number of aryl methyl sites for hydroxylation is 1. The Morgan fingerprint density at radius 3 is 2.50 bits per heavy atom. The first-order valence-electron chi connectivity index (χ1n) is 6.33. The number of hydrogen-bond donors (Lipinski definition) is 2. The van der Waals surface area contributed by atoms with E-state index in [0.717, 1.165) is 11.1 Å². The molecule has 4 nitrogen and oxygen atoms in total. The molecule has 0 aliphatic rings. The highest BCUT2D eigenvalue weighted by Crippen LogP contribution is 2.28. The van der Waals surface area contributed by atoms with Crippen LogP contribution in [0.1, 0.15) is 11.1 Å². The summed E-state index contributed by atoms with van der Waals surface area (Å²) in [6.45, 7) is 2.22. The van der Waals surface area contributed by atoms with Crippen LogP contribution in [0.4, 0.5) is 0 Å². The third-order valence-electron chi connectivity index (χ3n) is 3.04. The molecule has 2 aromatic carbocycles. The van der Waals surface area contributed by atoms with Gasteiger partial charge in [0.1, 0.15) is 6.61 Å². The van der Waals surface area contributed by atoms with Crippen molar-refractivity contribution in [3.8, 4) is 11.5 Å². The van der Waals surface area contributed by atoms with Crippen LogP contribution in [-0.2, 0) is 6.61 Å². The van der Waals surface area contributed by atoms with Crippen LogP contribution in [0.2, 0.25) is 0 Å². The van der Waals surface area contributed by atoms with Gasteiger partial charge in [0.05, 0.1) is 7.11 Å². The minimum atomic E-state index is -1.50. The Balaban J connectivity index is 2.17. The zero-order valence-corrected chi connectivity index (χ0v) is 11.5. The highest BCUT2D eigenvalue weighted by Gasteiger charge is 2.15. The number of ether oxygens (including phenoxy) is 2. The molecule has 2 rings (SSSR count). The molecule has 20 heavy (non-hydrogen) atoms. The van der Waals surface area contributed by atoms with Crippen LogP contribution < -0.4 is 14.9 Å². The molecule has 104 valence electrons. The molecule has 0 saturated carbocycles. The fourth-order valence-electron chi connectivity index (χ4n) is 1.97. The van der Waals surface area contributed by atoms with E-state index >= 15 is 0 Å². The van der Waals surface area contributed by atoms with Crippen molar-refractivity contribution in [1.29, 1.82) is 0 Å². The third kappa shape index (κ3) is 3.32. The van der Waals surface area contributed by atoms with Gasteiger partial charge in [0, 0.05) is 0 Å². The van der Waals surface area contributed by atoms with Crippen molar-refractivity contribution in [2.45, 2.75) is 13.5 Å². The minimum Gasteiger partial charge on any atom is -0.493 e. The van der Waals surface area contributed by atoms with Crippen molar-refractivity contribution in [3.63, 3.8) is 0 Å². The van der Waals surface area contributed by atoms with Crippen LogP contribution in [0, 0.1) is 6.92 Å². The number of hydrogen-bond acceptors (Lipinski definition) is 4. The zero-order chi connectivity index (χ0) is 14.5. The van der Waals surface area contributed by atoms with E-state index in [-0.39, 0.29) is 6.61 Å². The average Bonchev–Trinajstić information content (AvgIpc) is 2.46. The summed E-state index contributed by atoms with van der Waals surface area (Å²) in [4.78, 5) is 0. The molecule has 5 heteroatoms. The Kier molecular flexibility index (Phi) is 4.66. The molecule has 0 aliphatic heterocycles. The summed E-state index contributed by atoms with van der Waals surface area (Å²) in [5, 5.41) is 18.6. The van der Waals surface area contributed by atoms with Gasteiger partial charge in [0.25, 0.3) is 0 Å². The van der Waals surface area contributed by atoms with Crippen molar-refractivity contribution in [1.82, 2.24) is 0 Å². The first-order valence-corrected chi connectivity index (χ1v) is 6.33. The summed E-state index contributed by atoms with van der Waals surface area (Å²) in [5.41, 5.74) is 2.25. The van der Waals surface area contributed by atoms with Gasteiger partial charge < -0.3 is 19.5 Å². The van der Waals surface area contributed by atoms with Crippen molar-refractivity contribution in [2.24, 2.45) is 0 Å². The SMILES string of the molecule is COc1cc(C)ccc1OCc1ccccc1B(O)O. The van der Waals surface area contributed by atoms with Crippen LogP contribution in [0.5, 0.6) is 11.5 Å². The van der Waals surface area contributed by atoms with E-state index in [9.17, 15) is 10.0 Å². The second kappa shape index (κ2) is 6.46. The van der Waals surface area contributed by atoms with Crippen LogP contribution in [0.3, 0.4) is 0 Å². The lowest BCUT2D eigenvalue weighted by Crippen LogP contribution is -2.33. The molecule has 0 atom stereocenters. The van der Waals surface area contributed by atoms with Gasteiger partial charge in [-0.25, -0.2) is 0 Å². The Morgan fingerprint density at radius 1 is 1.05 bits per heavy atom. The minimum absolute atomic E-state index is 0.243. The predicted molar refractivity (Wildman–Crippen MR) is 78.3 cm³/mol.